The first-order valence-electron chi connectivity index (χ1n) is 5.18. The van der Waals surface area contributed by atoms with Crippen LogP contribution >= 0.6 is 23.2 Å². The zero-order valence-corrected chi connectivity index (χ0v) is 10.9. The minimum absolute atomic E-state index is 0.0796. The summed E-state index contributed by atoms with van der Waals surface area (Å²) in [6.07, 6.45) is 0.168. The van der Waals surface area contributed by atoms with Gasteiger partial charge in [0.15, 0.2) is 0 Å². The SMILES string of the molecule is COCCC(C)C(O)c1cccc(Cl)c1Cl. The highest BCUT2D eigenvalue weighted by Crippen LogP contribution is 2.34. The second-order valence-electron chi connectivity index (χ2n) is 3.85. The number of rotatable bonds is 5. The van der Waals surface area contributed by atoms with Crippen molar-refractivity contribution in [2.24, 2.45) is 5.92 Å². The number of hydrogen-bond acceptors (Lipinski definition) is 2. The van der Waals surface area contributed by atoms with E-state index in [2.05, 4.69) is 0 Å². The molecule has 1 aromatic carbocycles. The maximum Gasteiger partial charge on any atom is 0.0831 e. The zero-order chi connectivity index (χ0) is 12.1. The third-order valence-electron chi connectivity index (χ3n) is 2.62. The van der Waals surface area contributed by atoms with Gasteiger partial charge in [0.1, 0.15) is 0 Å². The number of halogens is 2. The molecule has 2 nitrogen and oxygen atoms in total. The molecule has 0 aromatic heterocycles. The number of benzene rings is 1. The van der Waals surface area contributed by atoms with Crippen LogP contribution in [-0.4, -0.2) is 18.8 Å². The lowest BCUT2D eigenvalue weighted by Crippen LogP contribution is -2.12. The maximum absolute atomic E-state index is 10.1. The number of aliphatic hydroxyl groups is 1. The Balaban J connectivity index is 2.79. The Morgan fingerprint density at radius 2 is 2.06 bits per heavy atom. The average molecular weight is 263 g/mol. The van der Waals surface area contributed by atoms with Gasteiger partial charge in [0.05, 0.1) is 16.1 Å². The first-order valence-corrected chi connectivity index (χ1v) is 5.94. The monoisotopic (exact) mass is 262 g/mol. The Morgan fingerprint density at radius 1 is 1.38 bits per heavy atom. The van der Waals surface area contributed by atoms with E-state index < -0.39 is 6.10 Å². The number of ether oxygens (including phenoxy) is 1. The second-order valence-corrected chi connectivity index (χ2v) is 4.63. The van der Waals surface area contributed by atoms with Gasteiger partial charge in [-0.3, -0.25) is 0 Å². The Kier molecular flexibility index (Phi) is 5.56. The van der Waals surface area contributed by atoms with E-state index in [9.17, 15) is 5.11 Å². The summed E-state index contributed by atoms with van der Waals surface area (Å²) in [6.45, 7) is 2.58. The van der Waals surface area contributed by atoms with E-state index in [0.717, 1.165) is 6.42 Å². The van der Waals surface area contributed by atoms with Crippen LogP contribution in [0.25, 0.3) is 0 Å². The molecule has 0 aliphatic heterocycles. The van der Waals surface area contributed by atoms with Crippen LogP contribution in [-0.2, 0) is 4.74 Å². The summed E-state index contributed by atoms with van der Waals surface area (Å²) in [4.78, 5) is 0. The van der Waals surface area contributed by atoms with Crippen molar-refractivity contribution in [3.8, 4) is 0 Å². The highest BCUT2D eigenvalue weighted by molar-refractivity contribution is 6.42. The highest BCUT2D eigenvalue weighted by atomic mass is 35.5. The average Bonchev–Trinajstić information content (AvgIpc) is 2.28. The van der Waals surface area contributed by atoms with Gasteiger partial charge in [-0.2, -0.15) is 0 Å². The quantitative estimate of drug-likeness (QED) is 0.877. The van der Waals surface area contributed by atoms with Crippen molar-refractivity contribution in [2.75, 3.05) is 13.7 Å². The van der Waals surface area contributed by atoms with Gasteiger partial charge < -0.3 is 9.84 Å². The summed E-state index contributed by atoms with van der Waals surface area (Å²) >= 11 is 11.9. The number of methoxy groups -OCH3 is 1. The smallest absolute Gasteiger partial charge is 0.0831 e. The van der Waals surface area contributed by atoms with Crippen molar-refractivity contribution in [2.45, 2.75) is 19.4 Å². The lowest BCUT2D eigenvalue weighted by Gasteiger charge is -2.20. The van der Waals surface area contributed by atoms with Gasteiger partial charge in [0.25, 0.3) is 0 Å². The molecule has 2 atom stereocenters. The maximum atomic E-state index is 10.1. The molecule has 4 heteroatoms. The van der Waals surface area contributed by atoms with Crippen LogP contribution in [0.4, 0.5) is 0 Å². The molecule has 0 bridgehead atoms. The summed E-state index contributed by atoms with van der Waals surface area (Å²) in [5.41, 5.74) is 0.678. The van der Waals surface area contributed by atoms with Crippen molar-refractivity contribution in [3.63, 3.8) is 0 Å². The van der Waals surface area contributed by atoms with Crippen LogP contribution < -0.4 is 0 Å². The molecule has 0 spiro atoms. The summed E-state index contributed by atoms with van der Waals surface area (Å²) < 4.78 is 4.98. The van der Waals surface area contributed by atoms with E-state index in [1.54, 1.807) is 25.3 Å². The van der Waals surface area contributed by atoms with Crippen molar-refractivity contribution < 1.29 is 9.84 Å². The topological polar surface area (TPSA) is 29.5 Å². The molecule has 0 heterocycles. The van der Waals surface area contributed by atoms with E-state index in [0.29, 0.717) is 22.2 Å². The van der Waals surface area contributed by atoms with Crippen LogP contribution in [0.2, 0.25) is 10.0 Å². The van der Waals surface area contributed by atoms with Crippen molar-refractivity contribution in [1.29, 1.82) is 0 Å². The minimum Gasteiger partial charge on any atom is -0.388 e. The summed E-state index contributed by atoms with van der Waals surface area (Å²) in [6, 6.07) is 5.29. The summed E-state index contributed by atoms with van der Waals surface area (Å²) in [5.74, 6) is 0.0796. The van der Waals surface area contributed by atoms with Gasteiger partial charge in [-0.15, -0.1) is 0 Å². The molecule has 1 aromatic rings. The van der Waals surface area contributed by atoms with Crippen molar-refractivity contribution in [3.05, 3.63) is 33.8 Å². The first-order chi connectivity index (χ1) is 7.57. The zero-order valence-electron chi connectivity index (χ0n) is 9.41. The molecule has 0 saturated heterocycles. The summed E-state index contributed by atoms with van der Waals surface area (Å²) in [7, 11) is 1.64. The van der Waals surface area contributed by atoms with Gasteiger partial charge in [-0.1, -0.05) is 42.3 Å². The summed E-state index contributed by atoms with van der Waals surface area (Å²) in [5, 5.41) is 11.0. The molecular weight excluding hydrogens is 247 g/mol. The van der Waals surface area contributed by atoms with Gasteiger partial charge in [0, 0.05) is 19.3 Å². The van der Waals surface area contributed by atoms with Gasteiger partial charge >= 0.3 is 0 Å². The molecule has 0 fully saturated rings. The molecule has 0 radical (unpaired) electrons. The van der Waals surface area contributed by atoms with E-state index in [1.165, 1.54) is 0 Å². The fraction of sp³-hybridized carbons (Fsp3) is 0.500. The third kappa shape index (κ3) is 3.36. The fourth-order valence-corrected chi connectivity index (χ4v) is 1.94. The normalized spacial score (nSPS) is 14.8. The molecule has 16 heavy (non-hydrogen) atoms. The standard InChI is InChI=1S/C12H16Cl2O2/c1-8(6-7-16-2)12(15)9-4-3-5-10(13)11(9)14/h3-5,8,12,15H,6-7H2,1-2H3. The van der Waals surface area contributed by atoms with Gasteiger partial charge in [0.2, 0.25) is 0 Å². The Morgan fingerprint density at radius 3 is 2.69 bits per heavy atom. The number of aliphatic hydroxyl groups excluding tert-OH is 1. The molecule has 0 aliphatic carbocycles. The van der Waals surface area contributed by atoms with Gasteiger partial charge in [-0.25, -0.2) is 0 Å². The Hall–Kier alpha value is -0.280. The molecule has 0 aliphatic rings. The van der Waals surface area contributed by atoms with Crippen molar-refractivity contribution in [1.82, 2.24) is 0 Å². The highest BCUT2D eigenvalue weighted by Gasteiger charge is 2.19. The van der Waals surface area contributed by atoms with E-state index in [1.807, 2.05) is 6.92 Å². The largest absolute Gasteiger partial charge is 0.388 e. The van der Waals surface area contributed by atoms with Crippen LogP contribution in [0.3, 0.4) is 0 Å². The Labute approximate surface area is 106 Å². The Bertz CT molecular complexity index is 342. The molecule has 2 unspecified atom stereocenters. The lowest BCUT2D eigenvalue weighted by atomic mass is 9.95. The molecule has 1 rings (SSSR count). The van der Waals surface area contributed by atoms with Crippen LogP contribution in [0, 0.1) is 5.92 Å². The van der Waals surface area contributed by atoms with Crippen LogP contribution in [0.1, 0.15) is 25.0 Å². The van der Waals surface area contributed by atoms with Crippen molar-refractivity contribution >= 4 is 23.2 Å². The molecule has 0 saturated carbocycles. The van der Waals surface area contributed by atoms with Crippen LogP contribution in [0.15, 0.2) is 18.2 Å². The number of hydrogen-bond donors (Lipinski definition) is 1. The third-order valence-corrected chi connectivity index (χ3v) is 3.45. The fourth-order valence-electron chi connectivity index (χ4n) is 1.52. The molecule has 1 N–H and O–H groups in total. The lowest BCUT2D eigenvalue weighted by molar-refractivity contribution is 0.0887. The van der Waals surface area contributed by atoms with E-state index in [-0.39, 0.29) is 5.92 Å². The molecule has 90 valence electrons. The second kappa shape index (κ2) is 6.45. The van der Waals surface area contributed by atoms with Gasteiger partial charge in [-0.05, 0) is 18.4 Å². The molecular formula is C12H16Cl2O2. The predicted molar refractivity (Wildman–Crippen MR) is 67.1 cm³/mol. The molecule has 0 amide bonds. The predicted octanol–water partition coefficient (Wildman–Crippen LogP) is 3.70. The van der Waals surface area contributed by atoms with E-state index >= 15 is 0 Å². The van der Waals surface area contributed by atoms with E-state index in [4.69, 9.17) is 27.9 Å². The van der Waals surface area contributed by atoms with Crippen LogP contribution in [0.5, 0.6) is 0 Å². The first kappa shape index (κ1) is 13.8. The minimum atomic E-state index is -0.610.